The van der Waals surface area contributed by atoms with Crippen LogP contribution in [0.15, 0.2) is 0 Å². The predicted molar refractivity (Wildman–Crippen MR) is 102 cm³/mol. The fraction of sp³-hybridized carbons (Fsp3) is 0.895. The maximum atomic E-state index is 13.3. The van der Waals surface area contributed by atoms with Crippen LogP contribution in [0.4, 0.5) is 0 Å². The molecular weight excluding hydrogens is 338 g/mol. The Hall–Kier alpha value is -0.810. The Morgan fingerprint density at radius 1 is 1.24 bits per heavy atom. The lowest BCUT2D eigenvalue weighted by molar-refractivity contribution is -0.147. The Bertz CT molecular complexity index is 485. The van der Waals surface area contributed by atoms with Crippen molar-refractivity contribution in [2.75, 3.05) is 32.7 Å². The number of halogens is 1. The number of rotatable bonds is 4. The second-order valence-electron chi connectivity index (χ2n) is 8.39. The van der Waals surface area contributed by atoms with Crippen LogP contribution in [-0.2, 0) is 9.59 Å². The van der Waals surface area contributed by atoms with Crippen molar-refractivity contribution in [1.82, 2.24) is 15.5 Å². The zero-order valence-corrected chi connectivity index (χ0v) is 16.5. The van der Waals surface area contributed by atoms with Gasteiger partial charge in [0.15, 0.2) is 0 Å². The van der Waals surface area contributed by atoms with E-state index in [2.05, 4.69) is 15.5 Å². The van der Waals surface area contributed by atoms with Crippen molar-refractivity contribution in [3.8, 4) is 0 Å². The molecule has 0 aromatic carbocycles. The first-order valence-electron chi connectivity index (χ1n) is 9.81. The van der Waals surface area contributed by atoms with Gasteiger partial charge >= 0.3 is 0 Å². The maximum absolute atomic E-state index is 13.3. The molecule has 1 unspecified atom stereocenters. The quantitative estimate of drug-likeness (QED) is 0.796. The van der Waals surface area contributed by atoms with Crippen LogP contribution in [0.3, 0.4) is 0 Å². The number of nitrogens with zero attached hydrogens (tertiary/aromatic N) is 1. The van der Waals surface area contributed by atoms with Crippen molar-refractivity contribution in [3.05, 3.63) is 0 Å². The fourth-order valence-electron chi connectivity index (χ4n) is 4.85. The van der Waals surface area contributed by atoms with Crippen LogP contribution in [0.5, 0.6) is 0 Å². The van der Waals surface area contributed by atoms with E-state index in [9.17, 15) is 9.59 Å². The van der Waals surface area contributed by atoms with E-state index in [-0.39, 0.29) is 29.6 Å². The molecule has 3 rings (SSSR count). The zero-order valence-electron chi connectivity index (χ0n) is 15.7. The summed E-state index contributed by atoms with van der Waals surface area (Å²) in [6.07, 6.45) is 6.87. The fourth-order valence-corrected chi connectivity index (χ4v) is 4.85. The molecule has 3 fully saturated rings. The van der Waals surface area contributed by atoms with Crippen molar-refractivity contribution in [1.29, 1.82) is 0 Å². The topological polar surface area (TPSA) is 61.4 Å². The van der Waals surface area contributed by atoms with Gasteiger partial charge in [-0.1, -0.05) is 26.7 Å². The molecule has 1 saturated carbocycles. The highest BCUT2D eigenvalue weighted by molar-refractivity contribution is 5.85. The molecule has 5 nitrogen and oxygen atoms in total. The summed E-state index contributed by atoms with van der Waals surface area (Å²) in [5.74, 6) is 1.46. The second-order valence-corrected chi connectivity index (χ2v) is 8.39. The zero-order chi connectivity index (χ0) is 17.2. The average Bonchev–Trinajstić information content (AvgIpc) is 3.04. The van der Waals surface area contributed by atoms with Crippen molar-refractivity contribution >= 4 is 24.2 Å². The van der Waals surface area contributed by atoms with Gasteiger partial charge < -0.3 is 15.5 Å². The third-order valence-electron chi connectivity index (χ3n) is 6.36. The van der Waals surface area contributed by atoms with Crippen LogP contribution in [0.2, 0.25) is 0 Å². The molecule has 2 heterocycles. The molecule has 0 spiro atoms. The summed E-state index contributed by atoms with van der Waals surface area (Å²) in [5.41, 5.74) is -0.138. The molecule has 2 aliphatic heterocycles. The highest BCUT2D eigenvalue weighted by atomic mass is 35.5. The van der Waals surface area contributed by atoms with Crippen LogP contribution in [0.1, 0.15) is 52.4 Å². The summed E-state index contributed by atoms with van der Waals surface area (Å²) in [6, 6.07) is 0. The summed E-state index contributed by atoms with van der Waals surface area (Å²) in [5, 5.41) is 6.53. The smallest absolute Gasteiger partial charge is 0.230 e. The number of amides is 2. The van der Waals surface area contributed by atoms with Crippen molar-refractivity contribution in [3.63, 3.8) is 0 Å². The Balaban J connectivity index is 0.00000225. The molecule has 0 aromatic rings. The summed E-state index contributed by atoms with van der Waals surface area (Å²) >= 11 is 0. The maximum Gasteiger partial charge on any atom is 0.230 e. The third-order valence-corrected chi connectivity index (χ3v) is 6.36. The van der Waals surface area contributed by atoms with E-state index in [1.165, 1.54) is 19.3 Å². The summed E-state index contributed by atoms with van der Waals surface area (Å²) in [4.78, 5) is 27.3. The summed E-state index contributed by atoms with van der Waals surface area (Å²) < 4.78 is 0. The molecular formula is C19H34ClN3O2. The molecule has 144 valence electrons. The minimum absolute atomic E-state index is 0. The molecule has 1 aliphatic carbocycles. The number of carbonyl (C=O) groups excluding carboxylic acids is 2. The van der Waals surface area contributed by atoms with Gasteiger partial charge in [0.05, 0.1) is 5.41 Å². The summed E-state index contributed by atoms with van der Waals surface area (Å²) in [6.45, 7) is 8.11. The van der Waals surface area contributed by atoms with Crippen LogP contribution in [0.25, 0.3) is 0 Å². The Morgan fingerprint density at radius 3 is 2.80 bits per heavy atom. The molecule has 0 aromatic heterocycles. The lowest BCUT2D eigenvalue weighted by Gasteiger charge is -2.43. The number of nitrogens with one attached hydrogen (secondary N) is 2. The van der Waals surface area contributed by atoms with Gasteiger partial charge in [-0.15, -0.1) is 12.4 Å². The first kappa shape index (κ1) is 20.5. The molecule has 25 heavy (non-hydrogen) atoms. The minimum Gasteiger partial charge on any atom is -0.356 e. The minimum atomic E-state index is -0.138. The molecule has 0 radical (unpaired) electrons. The van der Waals surface area contributed by atoms with Gasteiger partial charge in [0.25, 0.3) is 0 Å². The number of hydrogen-bond donors (Lipinski definition) is 2. The molecule has 0 bridgehead atoms. The normalized spacial score (nSPS) is 32.0. The van der Waals surface area contributed by atoms with E-state index in [0.717, 1.165) is 45.4 Å². The molecule has 3 atom stereocenters. The number of likely N-dealkylation sites (tertiary alicyclic amines) is 1. The van der Waals surface area contributed by atoms with Crippen LogP contribution < -0.4 is 10.6 Å². The van der Waals surface area contributed by atoms with Gasteiger partial charge in [-0.2, -0.15) is 0 Å². The van der Waals surface area contributed by atoms with Gasteiger partial charge in [0, 0.05) is 32.1 Å². The van der Waals surface area contributed by atoms with Gasteiger partial charge in [-0.25, -0.2) is 0 Å². The third kappa shape index (κ3) is 4.30. The lowest BCUT2D eigenvalue weighted by Crippen LogP contribution is -2.53. The van der Waals surface area contributed by atoms with Crippen molar-refractivity contribution in [2.45, 2.75) is 52.4 Å². The molecule has 2 saturated heterocycles. The standard InChI is InChI=1S/C19H33N3O2.ClH/c1-14(2)17(23)21-10-15-6-5-9-22(12-15)18(24)19-8-4-3-7-16(19)11-20-13-19;/h14-16,20H,3-13H2,1-2H3,(H,21,23);1H/t15?,16-,19+;/m0./s1. The SMILES string of the molecule is CC(C)C(=O)NCC1CCCN(C(=O)[C@@]23CCCC[C@H]2CNC3)C1.Cl. The van der Waals surface area contributed by atoms with Gasteiger partial charge in [-0.3, -0.25) is 9.59 Å². The van der Waals surface area contributed by atoms with E-state index < -0.39 is 0 Å². The number of piperidine rings is 1. The van der Waals surface area contributed by atoms with E-state index in [4.69, 9.17) is 0 Å². The monoisotopic (exact) mass is 371 g/mol. The first-order chi connectivity index (χ1) is 11.5. The largest absolute Gasteiger partial charge is 0.356 e. The van der Waals surface area contributed by atoms with Gasteiger partial charge in [-0.05, 0) is 44.1 Å². The Labute approximate surface area is 158 Å². The van der Waals surface area contributed by atoms with E-state index in [1.54, 1.807) is 0 Å². The van der Waals surface area contributed by atoms with Gasteiger partial charge in [0.2, 0.25) is 11.8 Å². The molecule has 6 heteroatoms. The second kappa shape index (κ2) is 8.72. The van der Waals surface area contributed by atoms with Crippen molar-refractivity contribution in [2.24, 2.45) is 23.2 Å². The van der Waals surface area contributed by atoms with Crippen LogP contribution in [0, 0.1) is 23.2 Å². The summed E-state index contributed by atoms with van der Waals surface area (Å²) in [7, 11) is 0. The van der Waals surface area contributed by atoms with Crippen molar-refractivity contribution < 1.29 is 9.59 Å². The van der Waals surface area contributed by atoms with E-state index in [1.807, 2.05) is 13.8 Å². The van der Waals surface area contributed by atoms with Gasteiger partial charge in [0.1, 0.15) is 0 Å². The number of fused-ring (bicyclic) bond motifs is 1. The van der Waals surface area contributed by atoms with E-state index in [0.29, 0.717) is 24.3 Å². The van der Waals surface area contributed by atoms with Crippen LogP contribution in [-0.4, -0.2) is 49.4 Å². The number of carbonyl (C=O) groups is 2. The van der Waals surface area contributed by atoms with Crippen LogP contribution >= 0.6 is 12.4 Å². The average molecular weight is 372 g/mol. The number of hydrogen-bond acceptors (Lipinski definition) is 3. The highest BCUT2D eigenvalue weighted by Gasteiger charge is 2.51. The Morgan fingerprint density at radius 2 is 2.04 bits per heavy atom. The lowest BCUT2D eigenvalue weighted by atomic mass is 9.67. The molecule has 2 N–H and O–H groups in total. The Kier molecular flexibility index (Phi) is 7.15. The molecule has 2 amide bonds. The van der Waals surface area contributed by atoms with E-state index >= 15 is 0 Å². The molecule has 3 aliphatic rings. The first-order valence-corrected chi connectivity index (χ1v) is 9.81. The predicted octanol–water partition coefficient (Wildman–Crippen LogP) is 2.20. The highest BCUT2D eigenvalue weighted by Crippen LogP contribution is 2.45.